The minimum atomic E-state index is -0.00843. The van der Waals surface area contributed by atoms with Crippen LogP contribution in [0, 0.1) is 0 Å². The van der Waals surface area contributed by atoms with Crippen molar-refractivity contribution >= 4 is 28.9 Å². The number of carbonyl (C=O) groups excluding carboxylic acids is 1. The van der Waals surface area contributed by atoms with E-state index in [1.807, 2.05) is 41.3 Å². The van der Waals surface area contributed by atoms with E-state index in [4.69, 9.17) is 11.6 Å². The Balaban J connectivity index is 1.61. The van der Waals surface area contributed by atoms with E-state index in [2.05, 4.69) is 22.1 Å². The van der Waals surface area contributed by atoms with E-state index in [-0.39, 0.29) is 5.91 Å². The van der Waals surface area contributed by atoms with Crippen LogP contribution in [0.2, 0.25) is 5.02 Å². The number of nitrogens with zero attached hydrogens (tertiary/aromatic N) is 3. The normalized spacial score (nSPS) is 14.5. The molecule has 0 bridgehead atoms. The van der Waals surface area contributed by atoms with E-state index >= 15 is 0 Å². The third-order valence-corrected chi connectivity index (χ3v) is 4.53. The van der Waals surface area contributed by atoms with Gasteiger partial charge in [-0.15, -0.1) is 0 Å². The molecule has 1 saturated heterocycles. The number of rotatable bonds is 5. The van der Waals surface area contributed by atoms with Crippen LogP contribution in [0.5, 0.6) is 0 Å². The Morgan fingerprint density at radius 2 is 2.00 bits per heavy atom. The van der Waals surface area contributed by atoms with Crippen LogP contribution >= 0.6 is 11.6 Å². The number of pyridine rings is 1. The van der Waals surface area contributed by atoms with E-state index in [9.17, 15) is 4.79 Å². The summed E-state index contributed by atoms with van der Waals surface area (Å²) in [5.41, 5.74) is 2.54. The summed E-state index contributed by atoms with van der Waals surface area (Å²) in [6.07, 6.45) is 2.73. The summed E-state index contributed by atoms with van der Waals surface area (Å²) in [4.78, 5) is 21.1. The van der Waals surface area contributed by atoms with Crippen LogP contribution in [0.25, 0.3) is 0 Å². The van der Waals surface area contributed by atoms with Gasteiger partial charge in [0, 0.05) is 55.3 Å². The number of nitrogens with one attached hydrogen (secondary N) is 1. The molecule has 2 heterocycles. The van der Waals surface area contributed by atoms with E-state index < -0.39 is 0 Å². The smallest absolute Gasteiger partial charge is 0.272 e. The number of hydrogen-bond donors (Lipinski definition) is 1. The monoisotopic (exact) mass is 358 g/mol. The fourth-order valence-electron chi connectivity index (χ4n) is 2.93. The van der Waals surface area contributed by atoms with Gasteiger partial charge in [0.05, 0.1) is 0 Å². The highest BCUT2D eigenvalue weighted by atomic mass is 35.5. The predicted molar refractivity (Wildman–Crippen MR) is 103 cm³/mol. The SMILES string of the molecule is CCCNc1ccnc(C(=O)N2CCN(c3cccc(Cl)c3)CC2)c1. The number of carbonyl (C=O) groups is 1. The zero-order valence-corrected chi connectivity index (χ0v) is 15.2. The molecule has 0 atom stereocenters. The van der Waals surface area contributed by atoms with Gasteiger partial charge in [0.25, 0.3) is 5.91 Å². The lowest BCUT2D eigenvalue weighted by molar-refractivity contribution is 0.0741. The van der Waals surface area contributed by atoms with Gasteiger partial charge < -0.3 is 15.1 Å². The lowest BCUT2D eigenvalue weighted by Crippen LogP contribution is -2.49. The molecule has 0 spiro atoms. The fourth-order valence-corrected chi connectivity index (χ4v) is 3.11. The second-order valence-corrected chi connectivity index (χ2v) is 6.55. The number of halogens is 1. The van der Waals surface area contributed by atoms with Gasteiger partial charge in [-0.3, -0.25) is 9.78 Å². The Morgan fingerprint density at radius 1 is 1.20 bits per heavy atom. The standard InChI is InChI=1S/C19H23ClN4O/c1-2-7-21-16-6-8-22-18(14-16)19(25)24-11-9-23(10-12-24)17-5-3-4-15(20)13-17/h3-6,8,13-14H,2,7,9-12H2,1H3,(H,21,22). The maximum Gasteiger partial charge on any atom is 0.272 e. The van der Waals surface area contributed by atoms with Crippen molar-refractivity contribution in [1.82, 2.24) is 9.88 Å². The highest BCUT2D eigenvalue weighted by molar-refractivity contribution is 6.30. The van der Waals surface area contributed by atoms with Gasteiger partial charge in [-0.25, -0.2) is 0 Å². The second-order valence-electron chi connectivity index (χ2n) is 6.12. The molecule has 1 aliphatic heterocycles. The van der Waals surface area contributed by atoms with Gasteiger partial charge in [0.15, 0.2) is 0 Å². The van der Waals surface area contributed by atoms with E-state index in [0.717, 1.165) is 42.5 Å². The lowest BCUT2D eigenvalue weighted by atomic mass is 10.2. The van der Waals surface area contributed by atoms with E-state index in [1.54, 1.807) is 6.20 Å². The Labute approximate surface area is 153 Å². The topological polar surface area (TPSA) is 48.5 Å². The minimum absolute atomic E-state index is 0.00843. The van der Waals surface area contributed by atoms with Gasteiger partial charge >= 0.3 is 0 Å². The van der Waals surface area contributed by atoms with Crippen molar-refractivity contribution < 1.29 is 4.79 Å². The zero-order chi connectivity index (χ0) is 17.6. The minimum Gasteiger partial charge on any atom is -0.385 e. The van der Waals surface area contributed by atoms with Crippen LogP contribution in [-0.2, 0) is 0 Å². The molecule has 2 aromatic rings. The zero-order valence-electron chi connectivity index (χ0n) is 14.4. The molecule has 0 radical (unpaired) electrons. The molecule has 1 amide bonds. The predicted octanol–water partition coefficient (Wildman–Crippen LogP) is 3.52. The van der Waals surface area contributed by atoms with Crippen LogP contribution in [0.4, 0.5) is 11.4 Å². The van der Waals surface area contributed by atoms with Gasteiger partial charge in [-0.2, -0.15) is 0 Å². The highest BCUT2D eigenvalue weighted by Gasteiger charge is 2.23. The highest BCUT2D eigenvalue weighted by Crippen LogP contribution is 2.21. The molecule has 25 heavy (non-hydrogen) atoms. The van der Waals surface area contributed by atoms with Gasteiger partial charge in [0.2, 0.25) is 0 Å². The first kappa shape index (κ1) is 17.5. The third-order valence-electron chi connectivity index (χ3n) is 4.30. The molecule has 0 aliphatic carbocycles. The van der Waals surface area contributed by atoms with Crippen molar-refractivity contribution in [2.45, 2.75) is 13.3 Å². The Morgan fingerprint density at radius 3 is 2.72 bits per heavy atom. The Hall–Kier alpha value is -2.27. The van der Waals surface area contributed by atoms with Crippen molar-refractivity contribution in [2.24, 2.45) is 0 Å². The fraction of sp³-hybridized carbons (Fsp3) is 0.368. The molecule has 132 valence electrons. The Bertz CT molecular complexity index is 729. The molecular formula is C19H23ClN4O. The van der Waals surface area contributed by atoms with Gasteiger partial charge in [-0.05, 0) is 36.8 Å². The molecule has 6 heteroatoms. The average Bonchev–Trinajstić information content (AvgIpc) is 2.66. The van der Waals surface area contributed by atoms with E-state index in [1.165, 1.54) is 0 Å². The summed E-state index contributed by atoms with van der Waals surface area (Å²) >= 11 is 6.07. The molecule has 0 saturated carbocycles. The van der Waals surface area contributed by atoms with Crippen molar-refractivity contribution in [2.75, 3.05) is 42.9 Å². The van der Waals surface area contributed by atoms with Crippen molar-refractivity contribution in [1.29, 1.82) is 0 Å². The average molecular weight is 359 g/mol. The first-order valence-electron chi connectivity index (χ1n) is 8.67. The molecule has 3 rings (SSSR count). The third kappa shape index (κ3) is 4.42. The molecule has 5 nitrogen and oxygen atoms in total. The molecule has 0 unspecified atom stereocenters. The maximum absolute atomic E-state index is 12.7. The summed E-state index contributed by atoms with van der Waals surface area (Å²) in [5, 5.41) is 4.03. The van der Waals surface area contributed by atoms with Gasteiger partial charge in [0.1, 0.15) is 5.69 Å². The summed E-state index contributed by atoms with van der Waals surface area (Å²) in [6.45, 7) is 5.94. The van der Waals surface area contributed by atoms with Crippen LogP contribution in [0.3, 0.4) is 0 Å². The molecule has 1 aromatic carbocycles. The lowest BCUT2D eigenvalue weighted by Gasteiger charge is -2.36. The van der Waals surface area contributed by atoms with Crippen LogP contribution in [0.15, 0.2) is 42.6 Å². The molecule has 1 fully saturated rings. The number of anilines is 2. The largest absolute Gasteiger partial charge is 0.385 e. The second kappa shape index (κ2) is 8.21. The summed E-state index contributed by atoms with van der Waals surface area (Å²) in [5.74, 6) is -0.00843. The number of aromatic nitrogens is 1. The first-order chi connectivity index (χ1) is 12.2. The van der Waals surface area contributed by atoms with E-state index in [0.29, 0.717) is 18.8 Å². The van der Waals surface area contributed by atoms with Crippen molar-refractivity contribution in [3.8, 4) is 0 Å². The van der Waals surface area contributed by atoms with Crippen LogP contribution in [0.1, 0.15) is 23.8 Å². The van der Waals surface area contributed by atoms with Crippen LogP contribution < -0.4 is 10.2 Å². The number of hydrogen-bond acceptors (Lipinski definition) is 4. The summed E-state index contributed by atoms with van der Waals surface area (Å²) in [6, 6.07) is 11.6. The van der Waals surface area contributed by atoms with Crippen molar-refractivity contribution in [3.05, 3.63) is 53.3 Å². The van der Waals surface area contributed by atoms with Crippen LogP contribution in [-0.4, -0.2) is 48.5 Å². The summed E-state index contributed by atoms with van der Waals surface area (Å²) in [7, 11) is 0. The molecular weight excluding hydrogens is 336 g/mol. The molecule has 1 aromatic heterocycles. The summed E-state index contributed by atoms with van der Waals surface area (Å²) < 4.78 is 0. The molecule has 1 aliphatic rings. The van der Waals surface area contributed by atoms with Crippen molar-refractivity contribution in [3.63, 3.8) is 0 Å². The van der Waals surface area contributed by atoms with Gasteiger partial charge in [-0.1, -0.05) is 24.6 Å². The molecule has 1 N–H and O–H groups in total. The Kier molecular flexibility index (Phi) is 5.76. The number of piperazine rings is 1. The quantitative estimate of drug-likeness (QED) is 0.888. The number of benzene rings is 1. The number of amides is 1. The first-order valence-corrected chi connectivity index (χ1v) is 9.05. The maximum atomic E-state index is 12.7.